The molecule has 0 radical (unpaired) electrons. The number of unbranched alkanes of at least 4 members (excludes halogenated alkanes) is 8. The number of amides is 5. The number of carbonyl (C=O) groups excluding carboxylic acids is 7. The molecule has 5 fully saturated rings. The molecule has 4 atom stereocenters. The molecule has 50 heteroatoms. The number of halogens is 12. The number of nitriles is 1. The van der Waals surface area contributed by atoms with E-state index in [1.807, 2.05) is 0 Å². The Morgan fingerprint density at radius 2 is 0.767 bits per heavy atom. The number of hydrogen-bond acceptors (Lipinski definition) is 26. The number of imide groups is 2. The molecule has 5 amide bonds. The number of fused-ring (bicyclic) bond motifs is 1. The van der Waals surface area contributed by atoms with Gasteiger partial charge in [0.15, 0.2) is 39.3 Å². The van der Waals surface area contributed by atoms with Gasteiger partial charge in [0, 0.05) is 19.3 Å². The number of nitrogens with one attached hydrogen (secondary N) is 2. The maximum absolute atomic E-state index is 13.4. The number of aldehydes is 1. The van der Waals surface area contributed by atoms with E-state index in [0.717, 1.165) is 101 Å². The van der Waals surface area contributed by atoms with Gasteiger partial charge >= 0.3 is 88.1 Å². The number of sulfone groups is 4. The van der Waals surface area contributed by atoms with Gasteiger partial charge in [-0.25, -0.2) is 48.5 Å². The summed E-state index contributed by atoms with van der Waals surface area (Å²) >= 11 is 0. The van der Waals surface area contributed by atoms with E-state index in [1.165, 1.54) is 65.3 Å². The summed E-state index contributed by atoms with van der Waals surface area (Å²) < 4.78 is 285. The standard InChI is InChI=1S/C27H30F3NO5S.C22H29F3N2O5S.C22H32F3NO4S.C19H28F3NO3S.C4H6O3.CHNO.CH4.K.H4N2.4H2S/c1-18(20-11-12-23(27(28,29)30)24(15-20)36-16-19-9-10-19)17-37(34,35)14-6-2-5-13-31-25(32)21-7-3-4-8-22(21)26(31)33;1-15(14-33(30,31)10-4-2-3-9-27-12-20(28)26-21(27)29)17-7-8-18(22(23,24)25)19(11-17)32-13-16-5-6-16;1-16(15-31(28,29)11-5-3-4-10-26-13-17(2)27)19-8-9-20(22(23,24)25)21(12-19)30-14-18-6-7-18;1-14(13-27(24,25)10-4-2-3-9-23)16-7-8-17(19(20,21)22)18(11-16)26-12-15-5-6-15;1-2-7-4(6)3-5;2-1-3;;;1-2;;;;/h3-4,7-8,11-12,15,18-19H,2,5-6,9-10,13-14,16-17H2,1H3;7-8,11,15-16H,2-6,9-10,12-14H2,1H3,(H,26,28,29);8-9,12,16,18,26H,3-7,10-11,13-15H2,1-2H3;7-8,11,14-15H,2-6,9-10,12-13,23H2,1H3;3H,2H2,1H3;3H;1H4;;1-2H2;4*1H2/q;;;;;;;+1;;;;;/p-1/t18-;15-;16-;14-;;;;;;;;;/m1111........./s1. The summed E-state index contributed by atoms with van der Waals surface area (Å²) in [7, 11) is -13.5. The van der Waals surface area contributed by atoms with Gasteiger partial charge in [0.25, 0.3) is 11.8 Å². The number of nitrogens with two attached hydrogens (primary N) is 3. The fourth-order valence-electron chi connectivity index (χ4n) is 14.5. The smallest absolute Gasteiger partial charge is 0.812 e. The van der Waals surface area contributed by atoms with Crippen molar-refractivity contribution in [3.05, 3.63) is 153 Å². The molecule has 2 heterocycles. The fraction of sp³-hybridized carbons (Fsp3) is 0.604. The number of Topliss-reactive ketones (excluding diaryl/α,β-unsaturated/α-hetero) is 1. The van der Waals surface area contributed by atoms with E-state index in [9.17, 15) is 120 Å². The van der Waals surface area contributed by atoms with Crippen molar-refractivity contribution in [3.8, 4) is 29.3 Å². The van der Waals surface area contributed by atoms with Gasteiger partial charge < -0.3 is 44.7 Å². The number of benzene rings is 5. The normalized spacial score (nSPS) is 15.1. The number of rotatable bonds is 51. The molecule has 0 spiro atoms. The molecule has 8 N–H and O–H groups in total. The van der Waals surface area contributed by atoms with Crippen molar-refractivity contribution in [3.63, 3.8) is 0 Å². The Morgan fingerprint density at radius 3 is 1.01 bits per heavy atom. The summed E-state index contributed by atoms with van der Waals surface area (Å²) in [6.07, 6.45) is -2.84. The summed E-state index contributed by atoms with van der Waals surface area (Å²) in [5.41, 5.74) is 4.84. The molecule has 2 aliphatic heterocycles. The van der Waals surface area contributed by atoms with Crippen LogP contribution < -0.4 is 103 Å². The van der Waals surface area contributed by atoms with Gasteiger partial charge in [-0.15, -0.1) is 0 Å². The van der Waals surface area contributed by atoms with E-state index in [-0.39, 0.29) is 270 Å². The number of ketones is 1. The van der Waals surface area contributed by atoms with Crippen molar-refractivity contribution < 1.29 is 200 Å². The molecule has 824 valence electrons. The van der Waals surface area contributed by atoms with E-state index in [2.05, 4.69) is 27.1 Å². The van der Waals surface area contributed by atoms with Crippen molar-refractivity contribution in [2.75, 3.05) is 118 Å². The van der Waals surface area contributed by atoms with Crippen LogP contribution in [0.15, 0.2) is 97.1 Å². The molecule has 4 aliphatic carbocycles. The van der Waals surface area contributed by atoms with Gasteiger partial charge in [0.05, 0.1) is 119 Å². The van der Waals surface area contributed by atoms with Crippen LogP contribution in [0.2, 0.25) is 0 Å². The fourth-order valence-corrected chi connectivity index (χ4v) is 21.6. The second-order valence-corrected chi connectivity index (χ2v) is 44.5. The topological polar surface area (TPSA) is 458 Å². The molecule has 29 nitrogen and oxygen atoms in total. The minimum atomic E-state index is -4.56. The molecule has 5 aromatic carbocycles. The zero-order chi connectivity index (χ0) is 105. The number of hydrogen-bond donors (Lipinski definition) is 5. The quantitative estimate of drug-likeness (QED) is 0.00206. The van der Waals surface area contributed by atoms with E-state index < -0.39 is 122 Å². The van der Waals surface area contributed by atoms with Gasteiger partial charge in [0.1, 0.15) is 35.3 Å². The van der Waals surface area contributed by atoms with Crippen LogP contribution in [-0.2, 0) is 88.0 Å². The van der Waals surface area contributed by atoms with Crippen molar-refractivity contribution in [2.24, 2.45) is 41.1 Å². The molecule has 4 saturated carbocycles. The summed E-state index contributed by atoms with van der Waals surface area (Å²) in [6.45, 7) is 13.3. The summed E-state index contributed by atoms with van der Waals surface area (Å²) in [5, 5.41) is 20.2. The minimum Gasteiger partial charge on any atom is -0.812 e. The van der Waals surface area contributed by atoms with Gasteiger partial charge in [-0.05, 0) is 260 Å². The van der Waals surface area contributed by atoms with Crippen LogP contribution in [0.5, 0.6) is 23.0 Å². The van der Waals surface area contributed by atoms with Gasteiger partial charge in [0.2, 0.25) is 12.2 Å². The Hall–Kier alpha value is -6.68. The summed E-state index contributed by atoms with van der Waals surface area (Å²) in [4.78, 5) is 80.1. The van der Waals surface area contributed by atoms with E-state index in [4.69, 9.17) is 35.0 Å². The largest absolute Gasteiger partial charge is 1.00 e. The zero-order valence-electron chi connectivity index (χ0n) is 82.3. The van der Waals surface area contributed by atoms with Crippen LogP contribution >= 0.6 is 54.0 Å². The van der Waals surface area contributed by atoms with Crippen LogP contribution in [0.1, 0.15) is 266 Å². The third-order valence-electron chi connectivity index (χ3n) is 22.9. The second-order valence-electron chi connectivity index (χ2n) is 35.5. The molecule has 146 heavy (non-hydrogen) atoms. The van der Waals surface area contributed by atoms with Gasteiger partial charge in [-0.1, -0.05) is 97.2 Å². The summed E-state index contributed by atoms with van der Waals surface area (Å²) in [5.74, 6) is 4.05. The molecule has 0 aromatic heterocycles. The number of ether oxygens (including phenoxy) is 5. The first kappa shape index (κ1) is 141. The SMILES string of the molecule is C.CC(=O)CNCCCCCS(=O)(=O)C[C@@H](C)c1ccc(C(F)(F)F)c(OCC2CC2)c1.CCOC(=O)C=O.C[C@H](CS(=O)(=O)CCCCCN)c1ccc(C(F)(F)F)c(OCC2CC2)c1.C[C@H](CS(=O)(=O)CCCCCN1C(=O)c2ccccc2C1=O)c1ccc(C(F)(F)F)c(OCC2CC2)c1.C[C@H](CS(=O)(=O)CCCCCN1CC(=O)NC1=O)c1ccc(C(F)(F)F)c(OCC2CC2)c1.N#C[O-].NN.S.S.S.S.[K+]. The number of nitrogens with zero attached hydrogens (tertiary/aromatic N) is 3. The predicted molar refractivity (Wildman–Crippen MR) is 547 cm³/mol. The number of carbonyl (C=O) groups is 7. The van der Waals surface area contributed by atoms with Crippen molar-refractivity contribution in [2.45, 2.75) is 226 Å². The molecule has 1 saturated heterocycles. The number of alkyl halides is 12. The maximum atomic E-state index is 13.4. The van der Waals surface area contributed by atoms with Gasteiger partial charge in [-0.2, -0.15) is 107 Å². The molecular weight excluding hydrogens is 2120 g/mol. The van der Waals surface area contributed by atoms with Crippen LogP contribution in [0, 0.1) is 35.2 Å². The number of hydrazine groups is 1. The van der Waals surface area contributed by atoms with Crippen LogP contribution in [0.4, 0.5) is 57.5 Å². The first-order valence-corrected chi connectivity index (χ1v) is 53.6. The summed E-state index contributed by atoms with van der Waals surface area (Å²) in [6, 6.07) is 20.7. The van der Waals surface area contributed by atoms with E-state index >= 15 is 0 Å². The Labute approximate surface area is 919 Å². The Morgan fingerprint density at radius 1 is 0.486 bits per heavy atom. The van der Waals surface area contributed by atoms with Crippen molar-refractivity contribution in [1.82, 2.24) is 20.4 Å². The third-order valence-corrected chi connectivity index (χ3v) is 30.6. The van der Waals surface area contributed by atoms with E-state index in [0.29, 0.717) is 129 Å². The van der Waals surface area contributed by atoms with Gasteiger partial charge in [-0.3, -0.25) is 45.9 Å². The average Bonchev–Trinajstić information content (AvgIpc) is 1.61. The molecule has 5 aromatic rings. The Bertz CT molecular complexity index is 5360. The Balaban J connectivity index is 0. The molecule has 0 unspecified atom stereocenters. The number of esters is 1. The number of urea groups is 1. The Kier molecular flexibility index (Phi) is 66.2. The molecular formula is C96H141F12KN8O21S8. The van der Waals surface area contributed by atoms with E-state index in [1.54, 1.807) is 58.9 Å². The molecule has 6 aliphatic rings. The van der Waals surface area contributed by atoms with Crippen LogP contribution in [0.3, 0.4) is 0 Å². The molecule has 11 rings (SSSR count). The van der Waals surface area contributed by atoms with Crippen molar-refractivity contribution >= 4 is 135 Å². The van der Waals surface area contributed by atoms with Crippen molar-refractivity contribution in [1.29, 1.82) is 5.26 Å². The van der Waals surface area contributed by atoms with Crippen LogP contribution in [-0.4, -0.2) is 204 Å². The maximum Gasteiger partial charge on any atom is 1.00 e. The molecule has 0 bridgehead atoms. The van der Waals surface area contributed by atoms with Crippen LogP contribution in [0.25, 0.3) is 0 Å². The predicted octanol–water partition coefficient (Wildman–Crippen LogP) is 13.2. The third kappa shape index (κ3) is 54.0. The zero-order valence-corrected chi connectivity index (χ0v) is 92.7. The monoisotopic (exact) mass is 2260 g/mol. The average molecular weight is 2270 g/mol. The second kappa shape index (κ2) is 68.4. The first-order chi connectivity index (χ1) is 65.7. The minimum absolute atomic E-state index is 0. The first-order valence-electron chi connectivity index (χ1n) is 46.3.